The van der Waals surface area contributed by atoms with Gasteiger partial charge in [0, 0.05) is 6.54 Å². The third-order valence-electron chi connectivity index (χ3n) is 2.79. The molecule has 2 aliphatic rings. The number of carbonyl (C=O) groups is 1. The first kappa shape index (κ1) is 19.3. The van der Waals surface area contributed by atoms with Gasteiger partial charge in [0.1, 0.15) is 0 Å². The van der Waals surface area contributed by atoms with Gasteiger partial charge in [0.2, 0.25) is 5.95 Å². The summed E-state index contributed by atoms with van der Waals surface area (Å²) < 4.78 is 38.5. The summed E-state index contributed by atoms with van der Waals surface area (Å²) in [5.41, 5.74) is 12.1. The van der Waals surface area contributed by atoms with E-state index in [2.05, 4.69) is 21.9 Å². The number of carboxylic acids is 1. The van der Waals surface area contributed by atoms with Crippen LogP contribution in [0.3, 0.4) is 0 Å². The van der Waals surface area contributed by atoms with Gasteiger partial charge >= 0.3 is 18.2 Å². The van der Waals surface area contributed by atoms with Crippen molar-refractivity contribution < 1.29 is 27.8 Å². The van der Waals surface area contributed by atoms with E-state index in [-0.39, 0.29) is 11.8 Å². The van der Waals surface area contributed by atoms with E-state index < -0.39 is 12.1 Å². The van der Waals surface area contributed by atoms with Crippen LogP contribution in [0.25, 0.3) is 11.5 Å². The van der Waals surface area contributed by atoms with Crippen molar-refractivity contribution in [3.05, 3.63) is 0 Å². The lowest BCUT2D eigenvalue weighted by Crippen LogP contribution is -2.21. The molecule has 0 saturated carbocycles. The summed E-state index contributed by atoms with van der Waals surface area (Å²) in [6.45, 7) is 2.85. The van der Waals surface area contributed by atoms with Crippen molar-refractivity contribution in [3.63, 3.8) is 0 Å². The zero-order chi connectivity index (χ0) is 18.5. The minimum absolute atomic E-state index is 0.279. The Labute approximate surface area is 134 Å². The number of aromatic nitrogens is 4. The van der Waals surface area contributed by atoms with Crippen LogP contribution in [0, 0.1) is 0 Å². The van der Waals surface area contributed by atoms with Crippen molar-refractivity contribution in [2.45, 2.75) is 32.5 Å². The summed E-state index contributed by atoms with van der Waals surface area (Å²) in [5, 5.41) is 7.12. The smallest absolute Gasteiger partial charge is 0.475 e. The van der Waals surface area contributed by atoms with Gasteiger partial charge in [-0.15, -0.1) is 0 Å². The Kier molecular flexibility index (Phi) is 6.14. The molecular weight excluding hydrogens is 333 g/mol. The molecule has 0 unspecified atom stereocenters. The number of nitrogen functional groups attached to an aromatic ring is 2. The zero-order valence-electron chi connectivity index (χ0n) is 13.0. The number of hydrogen-bond acceptors (Lipinski definition) is 7. The van der Waals surface area contributed by atoms with Crippen molar-refractivity contribution in [2.24, 2.45) is 0 Å². The van der Waals surface area contributed by atoms with Crippen LogP contribution in [-0.4, -0.2) is 43.9 Å². The van der Waals surface area contributed by atoms with Gasteiger partial charge in [0.05, 0.1) is 7.11 Å². The minimum Gasteiger partial charge on any atom is -0.475 e. The summed E-state index contributed by atoms with van der Waals surface area (Å²) in [6, 6.07) is 0.282. The molecule has 134 valence electrons. The van der Waals surface area contributed by atoms with Gasteiger partial charge in [-0.1, -0.05) is 13.3 Å². The maximum absolute atomic E-state index is 10.6. The number of hydrogen-bond donors (Lipinski definition) is 3. The van der Waals surface area contributed by atoms with Gasteiger partial charge in [-0.2, -0.15) is 28.1 Å². The maximum Gasteiger partial charge on any atom is 0.490 e. The molecule has 0 aromatic heterocycles. The first-order chi connectivity index (χ1) is 11.1. The predicted octanol–water partition coefficient (Wildman–Crippen LogP) is 1.38. The third kappa shape index (κ3) is 4.60. The normalized spacial score (nSPS) is 11.0. The molecule has 0 aromatic carbocycles. The second kappa shape index (κ2) is 7.66. The molecule has 0 radical (unpaired) electrons. The Hall–Kier alpha value is -2.79. The molecule has 2 rings (SSSR count). The van der Waals surface area contributed by atoms with E-state index in [0.29, 0.717) is 17.5 Å². The number of unbranched alkanes of at least 4 members (excludes halogenated alkanes) is 1. The van der Waals surface area contributed by atoms with E-state index >= 15 is 0 Å². The highest BCUT2D eigenvalue weighted by Gasteiger charge is 2.38. The molecule has 12 heteroatoms. The Morgan fingerprint density at radius 2 is 1.88 bits per heavy atom. The summed E-state index contributed by atoms with van der Waals surface area (Å²) in [4.78, 5) is 21.3. The molecule has 0 bridgehead atoms. The Bertz CT molecular complexity index is 673. The van der Waals surface area contributed by atoms with Crippen LogP contribution in [0.5, 0.6) is 6.01 Å². The summed E-state index contributed by atoms with van der Waals surface area (Å²) >= 11 is 0. The second-order valence-electron chi connectivity index (χ2n) is 4.55. The van der Waals surface area contributed by atoms with Crippen molar-refractivity contribution >= 4 is 17.7 Å². The Balaban J connectivity index is 0.000000351. The summed E-state index contributed by atoms with van der Waals surface area (Å²) in [5.74, 6) is -1.50. The highest BCUT2D eigenvalue weighted by atomic mass is 19.4. The van der Waals surface area contributed by atoms with E-state index in [1.807, 2.05) is 4.57 Å². The maximum atomic E-state index is 10.6. The number of halogens is 3. The van der Waals surface area contributed by atoms with E-state index in [0.717, 1.165) is 19.4 Å². The highest BCUT2D eigenvalue weighted by molar-refractivity contribution is 5.73. The fourth-order valence-electron chi connectivity index (χ4n) is 1.65. The lowest BCUT2D eigenvalue weighted by atomic mass is 10.3. The molecule has 0 atom stereocenters. The summed E-state index contributed by atoms with van der Waals surface area (Å²) in [6.07, 6.45) is -3.03. The lowest BCUT2D eigenvalue weighted by molar-refractivity contribution is -0.192. The number of nitrogens with zero attached hydrogens (tertiary/aromatic N) is 4. The number of imidazole rings is 1. The quantitative estimate of drug-likeness (QED) is 0.750. The molecule has 2 heterocycles. The highest BCUT2D eigenvalue weighted by Crippen LogP contribution is 2.28. The average molecular weight is 350 g/mol. The Morgan fingerprint density at radius 1 is 1.29 bits per heavy atom. The monoisotopic (exact) mass is 350 g/mol. The number of methoxy groups -OCH3 is 1. The topological polar surface area (TPSA) is 142 Å². The number of aliphatic carboxylic acids is 1. The van der Waals surface area contributed by atoms with E-state index in [9.17, 15) is 13.2 Å². The SMILES string of the molecule is CCCCn1c(N)nc(N)c2nc(OC)nc1-2.O=C(O)C(F)(F)F. The van der Waals surface area contributed by atoms with Gasteiger partial charge < -0.3 is 21.3 Å². The van der Waals surface area contributed by atoms with E-state index in [1.54, 1.807) is 0 Å². The largest absolute Gasteiger partial charge is 0.490 e. The van der Waals surface area contributed by atoms with Crippen molar-refractivity contribution in [1.82, 2.24) is 19.5 Å². The van der Waals surface area contributed by atoms with Crippen LogP contribution in [0.15, 0.2) is 0 Å². The Morgan fingerprint density at radius 3 is 2.33 bits per heavy atom. The minimum atomic E-state index is -5.08. The molecule has 5 N–H and O–H groups in total. The van der Waals surface area contributed by atoms with Crippen LogP contribution in [0.2, 0.25) is 0 Å². The first-order valence-electron chi connectivity index (χ1n) is 6.75. The third-order valence-corrected chi connectivity index (χ3v) is 2.79. The van der Waals surface area contributed by atoms with Crippen molar-refractivity contribution in [1.29, 1.82) is 0 Å². The van der Waals surface area contributed by atoms with Crippen molar-refractivity contribution in [2.75, 3.05) is 18.6 Å². The number of anilines is 2. The van der Waals surface area contributed by atoms with Gasteiger partial charge in [0.15, 0.2) is 17.3 Å². The molecule has 0 amide bonds. The molecule has 0 aliphatic carbocycles. The van der Waals surface area contributed by atoms with E-state index in [1.165, 1.54) is 7.11 Å². The number of carboxylic acid groups (broad SMARTS) is 1. The van der Waals surface area contributed by atoms with Gasteiger partial charge in [0.25, 0.3) is 0 Å². The number of alkyl halides is 3. The average Bonchev–Trinajstić information content (AvgIpc) is 2.91. The zero-order valence-corrected chi connectivity index (χ0v) is 13.0. The lowest BCUT2D eigenvalue weighted by Gasteiger charge is -2.13. The van der Waals surface area contributed by atoms with E-state index in [4.69, 9.17) is 26.1 Å². The van der Waals surface area contributed by atoms with Crippen molar-refractivity contribution in [3.8, 4) is 17.5 Å². The fourth-order valence-corrected chi connectivity index (χ4v) is 1.65. The van der Waals surface area contributed by atoms with Crippen LogP contribution in [0.1, 0.15) is 19.8 Å². The fraction of sp³-hybridized carbons (Fsp3) is 0.500. The first-order valence-corrected chi connectivity index (χ1v) is 6.75. The second-order valence-corrected chi connectivity index (χ2v) is 4.55. The molecule has 0 fully saturated rings. The number of nitrogens with two attached hydrogens (primary N) is 2. The molecular formula is C12H17F3N6O3. The molecule has 0 saturated heterocycles. The van der Waals surface area contributed by atoms with Crippen LogP contribution in [-0.2, 0) is 11.3 Å². The van der Waals surface area contributed by atoms with Crippen LogP contribution < -0.4 is 16.2 Å². The molecule has 0 spiro atoms. The predicted molar refractivity (Wildman–Crippen MR) is 78.4 cm³/mol. The summed E-state index contributed by atoms with van der Waals surface area (Å²) in [7, 11) is 1.51. The molecule has 9 nitrogen and oxygen atoms in total. The van der Waals surface area contributed by atoms with Crippen LogP contribution >= 0.6 is 0 Å². The molecule has 2 aliphatic heterocycles. The number of fused-ring (bicyclic) bond motifs is 1. The molecule has 0 aromatic rings. The van der Waals surface area contributed by atoms with Crippen LogP contribution in [0.4, 0.5) is 24.9 Å². The molecule has 24 heavy (non-hydrogen) atoms. The van der Waals surface area contributed by atoms with Gasteiger partial charge in [-0.25, -0.2) is 4.79 Å². The number of ether oxygens (including phenoxy) is 1. The number of rotatable bonds is 4. The van der Waals surface area contributed by atoms with Gasteiger partial charge in [-0.3, -0.25) is 4.57 Å². The van der Waals surface area contributed by atoms with Gasteiger partial charge in [-0.05, 0) is 6.42 Å². The standard InChI is InChI=1S/C10H16N6O.C2HF3O2/c1-3-4-5-16-8-6(7(11)14-9(16)12)13-10(15-8)17-2;3-2(4,5)1(6)7/h3-5,11H2,1-2H3,(H2,12,14);(H,6,7).